The minimum Gasteiger partial charge on any atom is -0.329 e. The first-order valence-corrected chi connectivity index (χ1v) is 5.20. The number of nitrogens with zero attached hydrogens (tertiary/aromatic N) is 1. The average molecular weight is 170 g/mol. The zero-order valence-electron chi connectivity index (χ0n) is 8.42. The van der Waals surface area contributed by atoms with Gasteiger partial charge in [-0.15, -0.1) is 0 Å². The van der Waals surface area contributed by atoms with Crippen molar-refractivity contribution in [3.63, 3.8) is 0 Å². The van der Waals surface area contributed by atoms with Crippen molar-refractivity contribution >= 4 is 0 Å². The minimum atomic E-state index is 0.616. The Morgan fingerprint density at radius 1 is 1.17 bits per heavy atom. The van der Waals surface area contributed by atoms with Gasteiger partial charge >= 0.3 is 0 Å². The molecule has 72 valence electrons. The average Bonchev–Trinajstić information content (AvgIpc) is 2.07. The van der Waals surface area contributed by atoms with Crippen molar-refractivity contribution in [3.8, 4) is 0 Å². The van der Waals surface area contributed by atoms with Crippen LogP contribution < -0.4 is 5.73 Å². The first-order valence-electron chi connectivity index (χ1n) is 5.20. The lowest BCUT2D eigenvalue weighted by Crippen LogP contribution is -2.46. The van der Waals surface area contributed by atoms with Crippen molar-refractivity contribution in [1.29, 1.82) is 0 Å². The fourth-order valence-corrected chi connectivity index (χ4v) is 2.09. The minimum absolute atomic E-state index is 0.616. The Hall–Kier alpha value is -0.0800. The van der Waals surface area contributed by atoms with Crippen molar-refractivity contribution in [2.75, 3.05) is 19.6 Å². The van der Waals surface area contributed by atoms with Crippen molar-refractivity contribution in [2.24, 2.45) is 11.7 Å². The van der Waals surface area contributed by atoms with Crippen LogP contribution in [0.1, 0.15) is 33.1 Å². The Bertz CT molecular complexity index is 117. The second kappa shape index (κ2) is 4.83. The van der Waals surface area contributed by atoms with Gasteiger partial charge in [-0.25, -0.2) is 0 Å². The molecule has 0 amide bonds. The highest BCUT2D eigenvalue weighted by Crippen LogP contribution is 2.16. The highest BCUT2D eigenvalue weighted by Gasteiger charge is 2.21. The molecule has 1 fully saturated rings. The maximum Gasteiger partial charge on any atom is 0.0241 e. The van der Waals surface area contributed by atoms with Gasteiger partial charge in [0, 0.05) is 12.6 Å². The summed E-state index contributed by atoms with van der Waals surface area (Å²) in [5.74, 6) is 0.702. The van der Waals surface area contributed by atoms with Crippen molar-refractivity contribution in [1.82, 2.24) is 4.90 Å². The third kappa shape index (κ3) is 2.46. The van der Waals surface area contributed by atoms with E-state index in [1.54, 1.807) is 0 Å². The standard InChI is InChI=1S/C10H22N2/c1-9(2)10(8-11)12-6-4-3-5-7-12/h9-10H,3-8,11H2,1-2H3. The van der Waals surface area contributed by atoms with E-state index in [1.807, 2.05) is 0 Å². The molecule has 0 radical (unpaired) electrons. The SMILES string of the molecule is CC(C)C(CN)N1CCCCC1. The molecule has 1 rings (SSSR count). The van der Waals surface area contributed by atoms with E-state index in [0.29, 0.717) is 12.0 Å². The quantitative estimate of drug-likeness (QED) is 0.694. The molecular weight excluding hydrogens is 148 g/mol. The fraction of sp³-hybridized carbons (Fsp3) is 1.00. The van der Waals surface area contributed by atoms with Gasteiger partial charge in [-0.2, -0.15) is 0 Å². The second-order valence-electron chi connectivity index (χ2n) is 4.14. The molecule has 0 bridgehead atoms. The zero-order valence-corrected chi connectivity index (χ0v) is 8.42. The molecule has 0 aromatic carbocycles. The Morgan fingerprint density at radius 3 is 2.17 bits per heavy atom. The van der Waals surface area contributed by atoms with Crippen LogP contribution in [-0.4, -0.2) is 30.6 Å². The van der Waals surface area contributed by atoms with E-state index in [1.165, 1.54) is 32.4 Å². The molecule has 1 unspecified atom stereocenters. The molecule has 0 spiro atoms. The van der Waals surface area contributed by atoms with Gasteiger partial charge in [0.2, 0.25) is 0 Å². The van der Waals surface area contributed by atoms with Crippen molar-refractivity contribution in [2.45, 2.75) is 39.2 Å². The lowest BCUT2D eigenvalue weighted by Gasteiger charge is -2.36. The molecule has 0 aliphatic carbocycles. The summed E-state index contributed by atoms with van der Waals surface area (Å²) in [6.07, 6.45) is 4.14. The topological polar surface area (TPSA) is 29.3 Å². The van der Waals surface area contributed by atoms with Crippen LogP contribution in [0.5, 0.6) is 0 Å². The van der Waals surface area contributed by atoms with Gasteiger partial charge in [-0.1, -0.05) is 20.3 Å². The Kier molecular flexibility index (Phi) is 4.02. The molecule has 0 saturated carbocycles. The lowest BCUT2D eigenvalue weighted by molar-refractivity contribution is 0.133. The van der Waals surface area contributed by atoms with Gasteiger partial charge in [0.1, 0.15) is 0 Å². The van der Waals surface area contributed by atoms with E-state index >= 15 is 0 Å². The predicted molar refractivity (Wildman–Crippen MR) is 53.1 cm³/mol. The summed E-state index contributed by atoms with van der Waals surface area (Å²) in [7, 11) is 0. The highest BCUT2D eigenvalue weighted by molar-refractivity contribution is 4.77. The number of likely N-dealkylation sites (tertiary alicyclic amines) is 1. The van der Waals surface area contributed by atoms with E-state index in [0.717, 1.165) is 6.54 Å². The van der Waals surface area contributed by atoms with E-state index < -0.39 is 0 Å². The van der Waals surface area contributed by atoms with Gasteiger partial charge in [-0.3, -0.25) is 4.90 Å². The first-order chi connectivity index (χ1) is 5.75. The molecule has 2 heteroatoms. The van der Waals surface area contributed by atoms with Crippen molar-refractivity contribution in [3.05, 3.63) is 0 Å². The summed E-state index contributed by atoms with van der Waals surface area (Å²) in [6.45, 7) is 7.88. The largest absolute Gasteiger partial charge is 0.329 e. The van der Waals surface area contributed by atoms with Crippen molar-refractivity contribution < 1.29 is 0 Å². The maximum absolute atomic E-state index is 5.76. The maximum atomic E-state index is 5.76. The van der Waals surface area contributed by atoms with Crippen LogP contribution in [0.2, 0.25) is 0 Å². The summed E-state index contributed by atoms with van der Waals surface area (Å²) < 4.78 is 0. The molecular formula is C10H22N2. The zero-order chi connectivity index (χ0) is 8.97. The number of nitrogens with two attached hydrogens (primary N) is 1. The van der Waals surface area contributed by atoms with Crippen LogP contribution in [0.4, 0.5) is 0 Å². The summed E-state index contributed by atoms with van der Waals surface area (Å²) in [5.41, 5.74) is 5.76. The molecule has 1 heterocycles. The number of hydrogen-bond acceptors (Lipinski definition) is 2. The number of rotatable bonds is 3. The summed E-state index contributed by atoms with van der Waals surface area (Å²) in [6, 6.07) is 0.616. The lowest BCUT2D eigenvalue weighted by atomic mass is 9.99. The monoisotopic (exact) mass is 170 g/mol. The van der Waals surface area contributed by atoms with Crippen LogP contribution in [0, 0.1) is 5.92 Å². The van der Waals surface area contributed by atoms with E-state index in [2.05, 4.69) is 18.7 Å². The molecule has 1 saturated heterocycles. The van der Waals surface area contributed by atoms with Crippen LogP contribution in [-0.2, 0) is 0 Å². The second-order valence-corrected chi connectivity index (χ2v) is 4.14. The molecule has 1 aliphatic heterocycles. The highest BCUT2D eigenvalue weighted by atomic mass is 15.2. The predicted octanol–water partition coefficient (Wildman–Crippen LogP) is 1.46. The van der Waals surface area contributed by atoms with Crippen LogP contribution >= 0.6 is 0 Å². The van der Waals surface area contributed by atoms with Crippen LogP contribution in [0.3, 0.4) is 0 Å². The van der Waals surface area contributed by atoms with Gasteiger partial charge in [0.25, 0.3) is 0 Å². The molecule has 12 heavy (non-hydrogen) atoms. The molecule has 0 aromatic rings. The van der Waals surface area contributed by atoms with Crippen LogP contribution in [0.25, 0.3) is 0 Å². The Morgan fingerprint density at radius 2 is 1.75 bits per heavy atom. The smallest absolute Gasteiger partial charge is 0.0241 e. The molecule has 1 aliphatic rings. The van der Waals surface area contributed by atoms with E-state index in [-0.39, 0.29) is 0 Å². The molecule has 1 atom stereocenters. The number of hydrogen-bond donors (Lipinski definition) is 1. The first kappa shape index (κ1) is 10.0. The van der Waals surface area contributed by atoms with E-state index in [9.17, 15) is 0 Å². The van der Waals surface area contributed by atoms with Gasteiger partial charge in [-0.05, 0) is 31.8 Å². The summed E-state index contributed by atoms with van der Waals surface area (Å²) in [4.78, 5) is 2.56. The number of piperidine rings is 1. The van der Waals surface area contributed by atoms with Gasteiger partial charge in [0.05, 0.1) is 0 Å². The molecule has 2 nitrogen and oxygen atoms in total. The molecule has 2 N–H and O–H groups in total. The molecule has 0 aromatic heterocycles. The normalized spacial score (nSPS) is 23.0. The van der Waals surface area contributed by atoms with Gasteiger partial charge < -0.3 is 5.73 Å². The van der Waals surface area contributed by atoms with Crippen LogP contribution in [0.15, 0.2) is 0 Å². The third-order valence-electron chi connectivity index (χ3n) is 2.87. The summed E-state index contributed by atoms with van der Waals surface area (Å²) in [5, 5.41) is 0. The fourth-order valence-electron chi connectivity index (χ4n) is 2.09. The Balaban J connectivity index is 2.40. The van der Waals surface area contributed by atoms with E-state index in [4.69, 9.17) is 5.73 Å². The summed E-state index contributed by atoms with van der Waals surface area (Å²) >= 11 is 0. The Labute approximate surface area is 76.1 Å². The van der Waals surface area contributed by atoms with Gasteiger partial charge in [0.15, 0.2) is 0 Å². The third-order valence-corrected chi connectivity index (χ3v) is 2.87.